The van der Waals surface area contributed by atoms with Gasteiger partial charge in [-0.05, 0) is 31.9 Å². The number of nitrogens with two attached hydrogens (primary N) is 1. The van der Waals surface area contributed by atoms with E-state index in [1.54, 1.807) is 7.11 Å². The highest BCUT2D eigenvalue weighted by Gasteiger charge is 2.37. The normalized spacial score (nSPS) is 17.6. The minimum atomic E-state index is 0.250. The summed E-state index contributed by atoms with van der Waals surface area (Å²) >= 11 is 0. The summed E-state index contributed by atoms with van der Waals surface area (Å²) in [7, 11) is 1.66. The third-order valence-electron chi connectivity index (χ3n) is 2.70. The molecule has 3 heteroatoms. The average Bonchev–Trinajstić information content (AvgIpc) is 2.88. The van der Waals surface area contributed by atoms with E-state index in [9.17, 15) is 0 Å². The molecule has 1 fully saturated rings. The Bertz CT molecular complexity index is 345. The first kappa shape index (κ1) is 9.19. The van der Waals surface area contributed by atoms with Gasteiger partial charge >= 0.3 is 0 Å². The number of benzene rings is 1. The van der Waals surface area contributed by atoms with Crippen molar-refractivity contribution in [3.05, 3.63) is 18.2 Å². The van der Waals surface area contributed by atoms with Crippen molar-refractivity contribution in [2.24, 2.45) is 0 Å². The van der Waals surface area contributed by atoms with Crippen LogP contribution in [-0.2, 0) is 0 Å². The van der Waals surface area contributed by atoms with Gasteiger partial charge in [-0.25, -0.2) is 0 Å². The van der Waals surface area contributed by atoms with Crippen LogP contribution in [0.3, 0.4) is 0 Å². The van der Waals surface area contributed by atoms with Gasteiger partial charge < -0.3 is 15.8 Å². The highest BCUT2D eigenvalue weighted by atomic mass is 16.5. The summed E-state index contributed by atoms with van der Waals surface area (Å²) in [6, 6.07) is 5.68. The summed E-state index contributed by atoms with van der Waals surface area (Å²) in [6.45, 7) is 2.20. The monoisotopic (exact) mass is 192 g/mol. The molecule has 76 valence electrons. The second kappa shape index (κ2) is 3.08. The molecule has 0 unspecified atom stereocenters. The molecular weight excluding hydrogens is 176 g/mol. The maximum Gasteiger partial charge on any atom is 0.121 e. The molecule has 3 N–H and O–H groups in total. The zero-order valence-electron chi connectivity index (χ0n) is 8.63. The molecule has 0 spiro atoms. The van der Waals surface area contributed by atoms with Gasteiger partial charge in [0.2, 0.25) is 0 Å². The van der Waals surface area contributed by atoms with E-state index >= 15 is 0 Å². The molecule has 2 rings (SSSR count). The molecule has 14 heavy (non-hydrogen) atoms. The molecule has 0 saturated heterocycles. The van der Waals surface area contributed by atoms with Crippen LogP contribution in [0.25, 0.3) is 0 Å². The van der Waals surface area contributed by atoms with E-state index in [0.717, 1.165) is 17.1 Å². The molecular formula is C11H16N2O. The molecule has 0 heterocycles. The molecule has 1 aromatic rings. The Hall–Kier alpha value is -1.38. The van der Waals surface area contributed by atoms with Gasteiger partial charge in [0.05, 0.1) is 18.5 Å². The minimum Gasteiger partial charge on any atom is -0.497 e. The van der Waals surface area contributed by atoms with Crippen LogP contribution in [0.5, 0.6) is 5.75 Å². The lowest BCUT2D eigenvalue weighted by molar-refractivity contribution is 0.415. The first-order valence-electron chi connectivity index (χ1n) is 4.85. The number of nitrogens with one attached hydrogen (secondary N) is 1. The van der Waals surface area contributed by atoms with Crippen molar-refractivity contribution >= 4 is 11.4 Å². The topological polar surface area (TPSA) is 47.3 Å². The molecule has 0 aromatic heterocycles. The summed E-state index contributed by atoms with van der Waals surface area (Å²) in [5.74, 6) is 0.839. The zero-order valence-corrected chi connectivity index (χ0v) is 8.63. The van der Waals surface area contributed by atoms with Gasteiger partial charge in [-0.2, -0.15) is 0 Å². The maximum atomic E-state index is 5.86. The summed E-state index contributed by atoms with van der Waals surface area (Å²) in [4.78, 5) is 0. The van der Waals surface area contributed by atoms with Crippen molar-refractivity contribution in [2.45, 2.75) is 25.3 Å². The molecule has 0 bridgehead atoms. The van der Waals surface area contributed by atoms with E-state index in [2.05, 4.69) is 12.2 Å². The molecule has 1 aromatic carbocycles. The Balaban J connectivity index is 2.22. The number of anilines is 2. The van der Waals surface area contributed by atoms with Gasteiger partial charge in [-0.1, -0.05) is 0 Å². The molecule has 0 radical (unpaired) electrons. The Morgan fingerprint density at radius 1 is 1.43 bits per heavy atom. The van der Waals surface area contributed by atoms with Crippen LogP contribution in [-0.4, -0.2) is 12.6 Å². The van der Waals surface area contributed by atoms with Crippen LogP contribution in [0, 0.1) is 0 Å². The lowest BCUT2D eigenvalue weighted by Gasteiger charge is -2.15. The molecule has 0 amide bonds. The predicted octanol–water partition coefficient (Wildman–Crippen LogP) is 2.24. The molecule has 3 nitrogen and oxygen atoms in total. The van der Waals surface area contributed by atoms with Gasteiger partial charge in [-0.15, -0.1) is 0 Å². The second-order valence-electron chi connectivity index (χ2n) is 4.14. The fourth-order valence-corrected chi connectivity index (χ4v) is 1.41. The van der Waals surface area contributed by atoms with E-state index in [1.165, 1.54) is 12.8 Å². The van der Waals surface area contributed by atoms with Crippen LogP contribution in [0.4, 0.5) is 11.4 Å². The van der Waals surface area contributed by atoms with E-state index in [4.69, 9.17) is 10.5 Å². The van der Waals surface area contributed by atoms with Crippen molar-refractivity contribution in [1.29, 1.82) is 0 Å². The van der Waals surface area contributed by atoms with Crippen LogP contribution >= 0.6 is 0 Å². The number of nitrogen functional groups attached to an aromatic ring is 1. The average molecular weight is 192 g/mol. The fourth-order valence-electron chi connectivity index (χ4n) is 1.41. The largest absolute Gasteiger partial charge is 0.497 e. The number of methoxy groups -OCH3 is 1. The minimum absolute atomic E-state index is 0.250. The number of hydrogen-bond acceptors (Lipinski definition) is 3. The van der Waals surface area contributed by atoms with Gasteiger partial charge in [0.1, 0.15) is 5.75 Å². The quantitative estimate of drug-likeness (QED) is 0.722. The lowest BCUT2D eigenvalue weighted by Crippen LogP contribution is -2.16. The second-order valence-corrected chi connectivity index (χ2v) is 4.14. The summed E-state index contributed by atoms with van der Waals surface area (Å²) in [5.41, 5.74) is 7.86. The van der Waals surface area contributed by atoms with Gasteiger partial charge in [0.25, 0.3) is 0 Å². The Morgan fingerprint density at radius 3 is 2.71 bits per heavy atom. The zero-order chi connectivity index (χ0) is 10.2. The van der Waals surface area contributed by atoms with Gasteiger partial charge in [-0.3, -0.25) is 0 Å². The smallest absolute Gasteiger partial charge is 0.121 e. The van der Waals surface area contributed by atoms with Crippen molar-refractivity contribution < 1.29 is 4.74 Å². The Kier molecular flexibility index (Phi) is 2.02. The Morgan fingerprint density at radius 2 is 2.14 bits per heavy atom. The Labute approximate surface area is 84.3 Å². The van der Waals surface area contributed by atoms with Crippen molar-refractivity contribution in [2.75, 3.05) is 18.2 Å². The summed E-state index contributed by atoms with van der Waals surface area (Å²) < 4.78 is 5.15. The number of rotatable bonds is 3. The standard InChI is InChI=1S/C11H16N2O/c1-11(5-6-11)13-10-7-8(14-2)3-4-9(10)12/h3-4,7,13H,5-6,12H2,1-2H3. The SMILES string of the molecule is COc1ccc(N)c(NC2(C)CC2)c1. The third kappa shape index (κ3) is 1.76. The van der Waals surface area contributed by atoms with Crippen LogP contribution in [0.1, 0.15) is 19.8 Å². The van der Waals surface area contributed by atoms with E-state index in [0.29, 0.717) is 0 Å². The van der Waals surface area contributed by atoms with Crippen molar-refractivity contribution in [3.8, 4) is 5.75 Å². The fraction of sp³-hybridized carbons (Fsp3) is 0.455. The van der Waals surface area contributed by atoms with E-state index < -0.39 is 0 Å². The van der Waals surface area contributed by atoms with Crippen LogP contribution in [0.2, 0.25) is 0 Å². The number of ether oxygens (including phenoxy) is 1. The predicted molar refractivity (Wildman–Crippen MR) is 58.7 cm³/mol. The summed E-state index contributed by atoms with van der Waals surface area (Å²) in [5, 5.41) is 3.43. The summed E-state index contributed by atoms with van der Waals surface area (Å²) in [6.07, 6.45) is 2.42. The number of hydrogen-bond donors (Lipinski definition) is 2. The van der Waals surface area contributed by atoms with Crippen LogP contribution < -0.4 is 15.8 Å². The van der Waals surface area contributed by atoms with E-state index in [1.807, 2.05) is 18.2 Å². The van der Waals surface area contributed by atoms with Gasteiger partial charge in [0.15, 0.2) is 0 Å². The first-order chi connectivity index (χ1) is 6.63. The maximum absolute atomic E-state index is 5.86. The highest BCUT2D eigenvalue weighted by Crippen LogP contribution is 2.40. The molecule has 1 aliphatic carbocycles. The lowest BCUT2D eigenvalue weighted by atomic mass is 10.2. The molecule has 0 atom stereocenters. The molecule has 0 aliphatic heterocycles. The molecule has 1 saturated carbocycles. The highest BCUT2D eigenvalue weighted by molar-refractivity contribution is 5.69. The van der Waals surface area contributed by atoms with Crippen LogP contribution in [0.15, 0.2) is 18.2 Å². The first-order valence-corrected chi connectivity index (χ1v) is 4.85. The molecule has 1 aliphatic rings. The van der Waals surface area contributed by atoms with Crippen molar-refractivity contribution in [1.82, 2.24) is 0 Å². The van der Waals surface area contributed by atoms with Gasteiger partial charge in [0, 0.05) is 11.6 Å². The third-order valence-corrected chi connectivity index (χ3v) is 2.70. The van der Waals surface area contributed by atoms with Crippen molar-refractivity contribution in [3.63, 3.8) is 0 Å². The van der Waals surface area contributed by atoms with E-state index in [-0.39, 0.29) is 5.54 Å².